The smallest absolute Gasteiger partial charge is 0.154 e. The van der Waals surface area contributed by atoms with Crippen LogP contribution >= 0.6 is 0 Å². The Bertz CT molecular complexity index is 721. The van der Waals surface area contributed by atoms with Crippen LogP contribution in [0.25, 0.3) is 0 Å². The van der Waals surface area contributed by atoms with Gasteiger partial charge in [-0.2, -0.15) is 5.26 Å². The van der Waals surface area contributed by atoms with Crippen molar-refractivity contribution >= 4 is 11.5 Å². The van der Waals surface area contributed by atoms with Crippen molar-refractivity contribution in [2.24, 2.45) is 20.8 Å². The highest BCUT2D eigenvalue weighted by Crippen LogP contribution is 2.31. The predicted octanol–water partition coefficient (Wildman–Crippen LogP) is 7.82. The molecule has 0 rings (SSSR count). The number of rotatable bonds is 6. The van der Waals surface area contributed by atoms with E-state index in [9.17, 15) is 0 Å². The molecular formula is C25H41N3. The monoisotopic (exact) mass is 383 g/mol. The molecule has 156 valence electrons. The van der Waals surface area contributed by atoms with Crippen molar-refractivity contribution in [3.05, 3.63) is 34.6 Å². The second-order valence-electron chi connectivity index (χ2n) is 9.47. The summed E-state index contributed by atoms with van der Waals surface area (Å²) in [6, 6.07) is 2.25. The Kier molecular flexibility index (Phi) is 10.4. The maximum Gasteiger partial charge on any atom is 0.154 e. The lowest BCUT2D eigenvalue weighted by Gasteiger charge is -2.24. The van der Waals surface area contributed by atoms with Crippen molar-refractivity contribution in [2.45, 2.75) is 95.4 Å². The highest BCUT2D eigenvalue weighted by molar-refractivity contribution is 6.07. The van der Waals surface area contributed by atoms with Gasteiger partial charge in [0, 0.05) is 27.8 Å². The van der Waals surface area contributed by atoms with Crippen LogP contribution in [0.4, 0.5) is 0 Å². The van der Waals surface area contributed by atoms with Gasteiger partial charge < -0.3 is 0 Å². The standard InChI is InChI=1S/C25H41N3/c1-12-18(3)22(25(9,10)11)28-23(27-20(5)24(6,7)8)19(4)15-14-16-21(13-2)17-26/h13,15H,12,14,16H2,1-11H3/b19-15+,21-13+,22-18+,27-20?,28-23-. The Labute approximate surface area is 174 Å². The molecule has 0 aromatic heterocycles. The molecular weight excluding hydrogens is 342 g/mol. The summed E-state index contributed by atoms with van der Waals surface area (Å²) in [6.45, 7) is 23.5. The van der Waals surface area contributed by atoms with E-state index in [1.165, 1.54) is 5.57 Å². The average molecular weight is 384 g/mol. The SMILES string of the molecule is C/C=C(/C#N)CC/C=C(C)/C(N=C(C)C(C)(C)C)=N/C(=C(\C)CC)C(C)(C)C. The van der Waals surface area contributed by atoms with Gasteiger partial charge in [0.1, 0.15) is 0 Å². The zero-order chi connectivity index (χ0) is 22.1. The summed E-state index contributed by atoms with van der Waals surface area (Å²) in [5.41, 5.74) is 5.28. The van der Waals surface area contributed by atoms with Crippen LogP contribution in [0.15, 0.2) is 44.6 Å². The summed E-state index contributed by atoms with van der Waals surface area (Å²) in [5.74, 6) is 0.782. The van der Waals surface area contributed by atoms with Crippen molar-refractivity contribution in [2.75, 3.05) is 0 Å². The Hall–Kier alpha value is -1.95. The van der Waals surface area contributed by atoms with Crippen LogP contribution in [0.2, 0.25) is 0 Å². The van der Waals surface area contributed by atoms with Gasteiger partial charge >= 0.3 is 0 Å². The molecule has 0 aromatic carbocycles. The summed E-state index contributed by atoms with van der Waals surface area (Å²) >= 11 is 0. The first-order valence-corrected chi connectivity index (χ1v) is 10.3. The maximum absolute atomic E-state index is 9.11. The minimum absolute atomic E-state index is 0.00854. The predicted molar refractivity (Wildman–Crippen MR) is 125 cm³/mol. The van der Waals surface area contributed by atoms with Gasteiger partial charge in [-0.3, -0.25) is 0 Å². The number of amidine groups is 1. The van der Waals surface area contributed by atoms with Crippen LogP contribution in [-0.4, -0.2) is 11.5 Å². The summed E-state index contributed by atoms with van der Waals surface area (Å²) < 4.78 is 0. The molecule has 0 N–H and O–H groups in total. The van der Waals surface area contributed by atoms with Gasteiger partial charge in [-0.1, -0.05) is 66.2 Å². The average Bonchev–Trinajstić information content (AvgIpc) is 2.59. The Morgan fingerprint density at radius 3 is 1.93 bits per heavy atom. The molecule has 3 nitrogen and oxygen atoms in total. The molecule has 0 bridgehead atoms. The van der Waals surface area contributed by atoms with Crippen molar-refractivity contribution in [3.63, 3.8) is 0 Å². The maximum atomic E-state index is 9.11. The number of allylic oxidation sites excluding steroid dienone is 5. The van der Waals surface area contributed by atoms with Gasteiger partial charge in [-0.05, 0) is 52.5 Å². The second-order valence-corrected chi connectivity index (χ2v) is 9.47. The lowest BCUT2D eigenvalue weighted by atomic mass is 9.88. The Balaban J connectivity index is 6.27. The first-order chi connectivity index (χ1) is 12.8. The number of aliphatic imine (C=N–C) groups is 2. The molecule has 0 saturated heterocycles. The van der Waals surface area contributed by atoms with E-state index in [2.05, 4.69) is 81.4 Å². The van der Waals surface area contributed by atoms with E-state index < -0.39 is 0 Å². The summed E-state index contributed by atoms with van der Waals surface area (Å²) in [6.07, 6.45) is 6.56. The first kappa shape index (κ1) is 26.1. The molecule has 0 fully saturated rings. The third kappa shape index (κ3) is 8.83. The molecule has 3 heteroatoms. The quantitative estimate of drug-likeness (QED) is 0.262. The number of hydrogen-bond donors (Lipinski definition) is 0. The van der Waals surface area contributed by atoms with Crippen molar-refractivity contribution in [1.82, 2.24) is 0 Å². The van der Waals surface area contributed by atoms with Gasteiger partial charge in [0.2, 0.25) is 0 Å². The normalized spacial score (nSPS) is 16.1. The molecule has 0 aromatic rings. The third-order valence-electron chi connectivity index (χ3n) is 4.93. The van der Waals surface area contributed by atoms with Gasteiger partial charge in [-0.25, -0.2) is 9.98 Å². The van der Waals surface area contributed by atoms with Crippen LogP contribution in [0, 0.1) is 22.2 Å². The third-order valence-corrected chi connectivity index (χ3v) is 4.93. The molecule has 0 unspecified atom stereocenters. The minimum atomic E-state index is -0.0459. The number of hydrogen-bond acceptors (Lipinski definition) is 2. The van der Waals surface area contributed by atoms with Gasteiger partial charge in [-0.15, -0.1) is 0 Å². The van der Waals surface area contributed by atoms with E-state index in [0.717, 1.165) is 47.7 Å². The van der Waals surface area contributed by atoms with Crippen molar-refractivity contribution in [3.8, 4) is 6.07 Å². The van der Waals surface area contributed by atoms with Crippen LogP contribution in [-0.2, 0) is 0 Å². The molecule has 0 radical (unpaired) electrons. The zero-order valence-corrected chi connectivity index (χ0v) is 20.1. The molecule has 0 aliphatic carbocycles. The molecule has 0 saturated carbocycles. The van der Waals surface area contributed by atoms with Crippen LogP contribution in [0.5, 0.6) is 0 Å². The van der Waals surface area contributed by atoms with Crippen molar-refractivity contribution in [1.29, 1.82) is 5.26 Å². The Morgan fingerprint density at radius 2 is 1.54 bits per heavy atom. The fourth-order valence-electron chi connectivity index (χ4n) is 2.50. The van der Waals surface area contributed by atoms with Crippen molar-refractivity contribution < 1.29 is 0 Å². The van der Waals surface area contributed by atoms with E-state index in [1.54, 1.807) is 0 Å². The molecule has 28 heavy (non-hydrogen) atoms. The van der Waals surface area contributed by atoms with Crippen LogP contribution < -0.4 is 0 Å². The highest BCUT2D eigenvalue weighted by Gasteiger charge is 2.21. The molecule has 0 aliphatic heterocycles. The van der Waals surface area contributed by atoms with E-state index in [-0.39, 0.29) is 10.8 Å². The fraction of sp³-hybridized carbons (Fsp3) is 0.640. The summed E-state index contributed by atoms with van der Waals surface area (Å²) in [4.78, 5) is 10.0. The van der Waals surface area contributed by atoms with Gasteiger partial charge in [0.15, 0.2) is 5.84 Å². The minimum Gasteiger partial charge on any atom is -0.238 e. The fourth-order valence-corrected chi connectivity index (χ4v) is 2.50. The summed E-state index contributed by atoms with van der Waals surface area (Å²) in [5, 5.41) is 9.11. The van der Waals surface area contributed by atoms with Crippen LogP contribution in [0.1, 0.15) is 95.4 Å². The number of nitrogens with zero attached hydrogens (tertiary/aromatic N) is 3. The van der Waals surface area contributed by atoms with Crippen LogP contribution in [0.3, 0.4) is 0 Å². The lowest BCUT2D eigenvalue weighted by Crippen LogP contribution is -2.19. The number of nitriles is 1. The van der Waals surface area contributed by atoms with Gasteiger partial charge in [0.25, 0.3) is 0 Å². The molecule has 0 atom stereocenters. The second kappa shape index (κ2) is 11.1. The molecule has 0 spiro atoms. The van der Waals surface area contributed by atoms with E-state index in [4.69, 9.17) is 15.2 Å². The Morgan fingerprint density at radius 1 is 0.964 bits per heavy atom. The molecule has 0 amide bonds. The molecule has 0 heterocycles. The summed E-state index contributed by atoms with van der Waals surface area (Å²) in [7, 11) is 0. The topological polar surface area (TPSA) is 48.5 Å². The van der Waals surface area contributed by atoms with E-state index in [0.29, 0.717) is 0 Å². The molecule has 0 aliphatic rings. The van der Waals surface area contributed by atoms with Gasteiger partial charge in [0.05, 0.1) is 6.07 Å². The van der Waals surface area contributed by atoms with E-state index in [1.807, 2.05) is 13.0 Å². The largest absolute Gasteiger partial charge is 0.238 e. The highest BCUT2D eigenvalue weighted by atomic mass is 14.9. The lowest BCUT2D eigenvalue weighted by molar-refractivity contribution is 0.490. The van der Waals surface area contributed by atoms with E-state index >= 15 is 0 Å². The zero-order valence-electron chi connectivity index (χ0n) is 20.1. The first-order valence-electron chi connectivity index (χ1n) is 10.3.